The highest BCUT2D eigenvalue weighted by Crippen LogP contribution is 2.08. The van der Waals surface area contributed by atoms with Gasteiger partial charge in [0.05, 0.1) is 0 Å². The molecule has 4 heteroatoms. The second kappa shape index (κ2) is 4.05. The van der Waals surface area contributed by atoms with E-state index in [1.54, 1.807) is 11.3 Å². The van der Waals surface area contributed by atoms with E-state index < -0.39 is 11.1 Å². The van der Waals surface area contributed by atoms with Crippen LogP contribution in [0.15, 0.2) is 0 Å². The normalized spacial score (nSPS) is 24.5. The summed E-state index contributed by atoms with van der Waals surface area (Å²) in [6.45, 7) is 1.86. The Labute approximate surface area is 64.0 Å². The zero-order valence-electron chi connectivity index (χ0n) is 6.21. The van der Waals surface area contributed by atoms with Crippen molar-refractivity contribution < 1.29 is 8.49 Å². The fourth-order valence-corrected chi connectivity index (χ4v) is 1.53. The van der Waals surface area contributed by atoms with Crippen LogP contribution >= 0.6 is 0 Å². The Morgan fingerprint density at radius 1 is 1.30 bits per heavy atom. The van der Waals surface area contributed by atoms with E-state index in [4.69, 9.17) is 4.28 Å². The molecule has 0 spiro atoms. The van der Waals surface area contributed by atoms with Crippen LogP contribution in [0.5, 0.6) is 0 Å². The first-order chi connectivity index (χ1) is 4.79. The van der Waals surface area contributed by atoms with Crippen molar-refractivity contribution in [1.82, 2.24) is 5.06 Å². The van der Waals surface area contributed by atoms with Crippen molar-refractivity contribution in [2.45, 2.75) is 19.3 Å². The molecule has 0 aromatic heterocycles. The largest absolute Gasteiger partial charge is 0.228 e. The summed E-state index contributed by atoms with van der Waals surface area (Å²) >= 11 is -1.14. The Bertz CT molecular complexity index is 123. The molecule has 1 unspecified atom stereocenters. The second-order valence-electron chi connectivity index (χ2n) is 2.47. The van der Waals surface area contributed by atoms with Crippen molar-refractivity contribution in [3.05, 3.63) is 0 Å². The van der Waals surface area contributed by atoms with Gasteiger partial charge in [-0.1, -0.05) is 6.42 Å². The summed E-state index contributed by atoms with van der Waals surface area (Å²) in [6, 6.07) is 0. The Morgan fingerprint density at radius 3 is 2.40 bits per heavy atom. The first-order valence-corrected chi connectivity index (χ1v) is 5.04. The number of hydrogen-bond donors (Lipinski definition) is 0. The summed E-state index contributed by atoms with van der Waals surface area (Å²) in [5.74, 6) is 0. The first kappa shape index (κ1) is 8.17. The Kier molecular flexibility index (Phi) is 3.31. The van der Waals surface area contributed by atoms with Crippen LogP contribution in [-0.4, -0.2) is 28.6 Å². The summed E-state index contributed by atoms with van der Waals surface area (Å²) < 4.78 is 15.6. The molecule has 1 saturated heterocycles. The molecule has 0 amide bonds. The third kappa shape index (κ3) is 2.77. The van der Waals surface area contributed by atoms with Crippen LogP contribution < -0.4 is 0 Å². The van der Waals surface area contributed by atoms with Gasteiger partial charge in [0, 0.05) is 19.3 Å². The van der Waals surface area contributed by atoms with Gasteiger partial charge in [-0.15, -0.1) is 0 Å². The minimum atomic E-state index is -1.14. The predicted molar refractivity (Wildman–Crippen MR) is 40.6 cm³/mol. The number of hydroxylamine groups is 2. The summed E-state index contributed by atoms with van der Waals surface area (Å²) in [5, 5.41) is 1.79. The predicted octanol–water partition coefficient (Wildman–Crippen LogP) is 0.697. The molecule has 0 aromatic rings. The molecule has 0 bridgehead atoms. The average molecular weight is 163 g/mol. The van der Waals surface area contributed by atoms with E-state index in [0.29, 0.717) is 0 Å². The number of nitrogens with zero attached hydrogens (tertiary/aromatic N) is 1. The van der Waals surface area contributed by atoms with Gasteiger partial charge < -0.3 is 0 Å². The molecule has 1 atom stereocenters. The molecule has 0 aliphatic carbocycles. The van der Waals surface area contributed by atoms with E-state index >= 15 is 0 Å². The van der Waals surface area contributed by atoms with Gasteiger partial charge in [-0.05, 0) is 12.8 Å². The van der Waals surface area contributed by atoms with Gasteiger partial charge in [0.15, 0.2) is 11.1 Å². The molecule has 0 N–H and O–H groups in total. The summed E-state index contributed by atoms with van der Waals surface area (Å²) in [6.07, 6.45) is 5.15. The summed E-state index contributed by atoms with van der Waals surface area (Å²) in [5.41, 5.74) is 0. The van der Waals surface area contributed by atoms with E-state index in [1.165, 1.54) is 6.42 Å². The van der Waals surface area contributed by atoms with Crippen molar-refractivity contribution in [1.29, 1.82) is 0 Å². The lowest BCUT2D eigenvalue weighted by molar-refractivity contribution is -0.0585. The van der Waals surface area contributed by atoms with Crippen LogP contribution in [-0.2, 0) is 15.4 Å². The standard InChI is InChI=1S/C6H13NO2S/c1-10(8)9-7-5-3-2-4-6-7/h2-6H2,1H3. The van der Waals surface area contributed by atoms with Crippen LogP contribution in [0.2, 0.25) is 0 Å². The number of piperidine rings is 1. The lowest BCUT2D eigenvalue weighted by atomic mass is 10.2. The van der Waals surface area contributed by atoms with Crippen LogP contribution in [0.25, 0.3) is 0 Å². The molecule has 1 aliphatic rings. The molecular weight excluding hydrogens is 150 g/mol. The van der Waals surface area contributed by atoms with E-state index in [2.05, 4.69) is 0 Å². The van der Waals surface area contributed by atoms with Crippen LogP contribution in [0, 0.1) is 0 Å². The maximum atomic E-state index is 10.6. The Balaban J connectivity index is 2.19. The minimum Gasteiger partial charge on any atom is -0.228 e. The van der Waals surface area contributed by atoms with Crippen LogP contribution in [0.3, 0.4) is 0 Å². The highest BCUT2D eigenvalue weighted by Gasteiger charge is 2.11. The van der Waals surface area contributed by atoms with Gasteiger partial charge in [-0.3, -0.25) is 0 Å². The third-order valence-corrected chi connectivity index (χ3v) is 1.95. The molecule has 1 rings (SSSR count). The van der Waals surface area contributed by atoms with Crippen LogP contribution in [0.4, 0.5) is 0 Å². The third-order valence-electron chi connectivity index (χ3n) is 1.53. The molecule has 0 aromatic carbocycles. The van der Waals surface area contributed by atoms with Crippen LogP contribution in [0.1, 0.15) is 19.3 Å². The van der Waals surface area contributed by atoms with Gasteiger partial charge in [0.25, 0.3) is 0 Å². The number of hydrogen-bond acceptors (Lipinski definition) is 3. The fraction of sp³-hybridized carbons (Fsp3) is 1.00. The van der Waals surface area contributed by atoms with Gasteiger partial charge in [-0.2, -0.15) is 9.35 Å². The molecular formula is C6H13NO2S. The fourth-order valence-electron chi connectivity index (χ4n) is 1.09. The monoisotopic (exact) mass is 163 g/mol. The summed E-state index contributed by atoms with van der Waals surface area (Å²) in [4.78, 5) is 0. The molecule has 1 heterocycles. The van der Waals surface area contributed by atoms with Crippen molar-refractivity contribution >= 4 is 11.1 Å². The van der Waals surface area contributed by atoms with Gasteiger partial charge in [0.1, 0.15) is 0 Å². The van der Waals surface area contributed by atoms with Gasteiger partial charge >= 0.3 is 0 Å². The van der Waals surface area contributed by atoms with Crippen molar-refractivity contribution in [2.75, 3.05) is 19.3 Å². The van der Waals surface area contributed by atoms with E-state index in [-0.39, 0.29) is 0 Å². The topological polar surface area (TPSA) is 29.5 Å². The maximum absolute atomic E-state index is 10.6. The minimum absolute atomic E-state index is 0.930. The highest BCUT2D eigenvalue weighted by atomic mass is 32.2. The molecule has 1 aliphatic heterocycles. The number of rotatable bonds is 2. The summed E-state index contributed by atoms with van der Waals surface area (Å²) in [7, 11) is 0. The van der Waals surface area contributed by atoms with E-state index in [0.717, 1.165) is 25.9 Å². The zero-order chi connectivity index (χ0) is 7.40. The van der Waals surface area contributed by atoms with Crippen molar-refractivity contribution in [3.63, 3.8) is 0 Å². The smallest absolute Gasteiger partial charge is 0.170 e. The van der Waals surface area contributed by atoms with Gasteiger partial charge in [-0.25, -0.2) is 4.21 Å². The highest BCUT2D eigenvalue weighted by molar-refractivity contribution is 7.79. The molecule has 3 nitrogen and oxygen atoms in total. The molecule has 0 radical (unpaired) electrons. The lowest BCUT2D eigenvalue weighted by Gasteiger charge is -2.23. The average Bonchev–Trinajstić information content (AvgIpc) is 1.88. The van der Waals surface area contributed by atoms with E-state index in [1.807, 2.05) is 0 Å². The maximum Gasteiger partial charge on any atom is 0.170 e. The quantitative estimate of drug-likeness (QED) is 0.600. The zero-order valence-corrected chi connectivity index (χ0v) is 7.02. The Hall–Kier alpha value is 0.0700. The molecule has 1 fully saturated rings. The van der Waals surface area contributed by atoms with Crippen molar-refractivity contribution in [3.8, 4) is 0 Å². The molecule has 60 valence electrons. The van der Waals surface area contributed by atoms with Gasteiger partial charge in [0.2, 0.25) is 0 Å². The molecule has 0 saturated carbocycles. The SMILES string of the molecule is CS(=O)ON1CCCCC1. The second-order valence-corrected chi connectivity index (χ2v) is 3.42. The lowest BCUT2D eigenvalue weighted by Crippen LogP contribution is -2.30. The molecule has 10 heavy (non-hydrogen) atoms. The van der Waals surface area contributed by atoms with Crippen molar-refractivity contribution in [2.24, 2.45) is 0 Å². The first-order valence-electron chi connectivity index (χ1n) is 3.56. The van der Waals surface area contributed by atoms with E-state index in [9.17, 15) is 4.21 Å². The Morgan fingerprint density at radius 2 is 1.90 bits per heavy atom.